The van der Waals surface area contributed by atoms with E-state index in [1.165, 1.54) is 6.08 Å². The predicted octanol–water partition coefficient (Wildman–Crippen LogP) is 0.314. The van der Waals surface area contributed by atoms with Gasteiger partial charge in [-0.2, -0.15) is 0 Å². The van der Waals surface area contributed by atoms with Crippen LogP contribution in [0.5, 0.6) is 0 Å². The molecule has 0 amide bonds. The van der Waals surface area contributed by atoms with Gasteiger partial charge in [0.25, 0.3) is 0 Å². The van der Waals surface area contributed by atoms with Crippen molar-refractivity contribution < 1.29 is 9.59 Å². The monoisotopic (exact) mass is 353 g/mol. The van der Waals surface area contributed by atoms with Crippen LogP contribution in [0.4, 0.5) is 0 Å². The molecule has 7 heteroatoms. The first kappa shape index (κ1) is 16.3. The van der Waals surface area contributed by atoms with Gasteiger partial charge in [0.1, 0.15) is 19.2 Å². The summed E-state index contributed by atoms with van der Waals surface area (Å²) in [7, 11) is 5.37. The first-order valence-corrected chi connectivity index (χ1v) is 8.73. The highest BCUT2D eigenvalue weighted by molar-refractivity contribution is 6.34. The molecule has 1 aromatic carbocycles. The van der Waals surface area contributed by atoms with Crippen molar-refractivity contribution >= 4 is 36.5 Å². The number of nitrogens with zero attached hydrogens (tertiary/aromatic N) is 3. The van der Waals surface area contributed by atoms with E-state index >= 15 is 0 Å². The Morgan fingerprint density at radius 3 is 1.80 bits per heavy atom. The van der Waals surface area contributed by atoms with E-state index in [2.05, 4.69) is 0 Å². The molecule has 0 unspecified atom stereocenters. The molecule has 0 bridgehead atoms. The number of hydrogen-bond acceptors (Lipinski definition) is 5. The molecule has 1 aliphatic carbocycles. The fourth-order valence-electron chi connectivity index (χ4n) is 2.74. The Bertz CT molecular complexity index is 770. The third-order valence-electron chi connectivity index (χ3n) is 4.36. The van der Waals surface area contributed by atoms with Gasteiger partial charge in [0, 0.05) is 50.4 Å². The lowest BCUT2D eigenvalue weighted by atomic mass is 9.97. The minimum Gasteiger partial charge on any atom is -0.365 e. The topological polar surface area (TPSA) is 43.2 Å². The second kappa shape index (κ2) is 6.26. The average molecular weight is 354 g/mol. The van der Waals surface area contributed by atoms with Crippen molar-refractivity contribution in [1.29, 1.82) is 0 Å². The Labute approximate surface area is 152 Å². The van der Waals surface area contributed by atoms with Crippen LogP contribution in [0.2, 0.25) is 5.02 Å². The van der Waals surface area contributed by atoms with Crippen molar-refractivity contribution in [2.45, 2.75) is 0 Å². The first-order valence-electron chi connectivity index (χ1n) is 8.35. The lowest BCUT2D eigenvalue weighted by Crippen LogP contribution is -2.29. The molecule has 4 aliphatic rings. The molecule has 0 N–H and O–H groups in total. The van der Waals surface area contributed by atoms with Crippen molar-refractivity contribution in [2.75, 3.05) is 39.3 Å². The molecule has 25 heavy (non-hydrogen) atoms. The molecule has 2 radical (unpaired) electrons. The van der Waals surface area contributed by atoms with Crippen molar-refractivity contribution in [3.63, 3.8) is 0 Å². The second-order valence-electron chi connectivity index (χ2n) is 6.43. The Hall–Kier alpha value is -2.21. The van der Waals surface area contributed by atoms with E-state index < -0.39 is 0 Å². The normalized spacial score (nSPS) is 21.0. The zero-order valence-electron chi connectivity index (χ0n) is 13.7. The molecule has 0 spiro atoms. The van der Waals surface area contributed by atoms with Crippen LogP contribution >= 0.6 is 11.6 Å². The standard InChI is InChI=1S/C12H13N3O2.C6H4BCl/c16-9-7-8(13-1-2-13)12(17)11(15-5-6-15)10(9)14-3-4-14;7-5-1-3-6(8)4-2-5/h7H,1-6H2;1-4H. The molecular formula is C18H17BClN3O2. The maximum atomic E-state index is 12.4. The highest BCUT2D eigenvalue weighted by atomic mass is 35.5. The van der Waals surface area contributed by atoms with Crippen LogP contribution in [0, 0.1) is 0 Å². The minimum absolute atomic E-state index is 0.00546. The van der Waals surface area contributed by atoms with Gasteiger partial charge in [-0.05, 0) is 12.1 Å². The van der Waals surface area contributed by atoms with E-state index in [0.29, 0.717) is 17.1 Å². The molecule has 0 atom stereocenters. The smallest absolute Gasteiger partial charge is 0.227 e. The van der Waals surface area contributed by atoms with Gasteiger partial charge >= 0.3 is 0 Å². The summed E-state index contributed by atoms with van der Waals surface area (Å²) in [4.78, 5) is 30.5. The summed E-state index contributed by atoms with van der Waals surface area (Å²) >= 11 is 5.56. The summed E-state index contributed by atoms with van der Waals surface area (Å²) in [5, 5.41) is 0.721. The van der Waals surface area contributed by atoms with Crippen molar-refractivity contribution in [3.8, 4) is 0 Å². The number of benzene rings is 1. The van der Waals surface area contributed by atoms with Crippen molar-refractivity contribution in [1.82, 2.24) is 14.7 Å². The maximum Gasteiger partial charge on any atom is 0.227 e. The molecule has 0 aromatic heterocycles. The van der Waals surface area contributed by atoms with Gasteiger partial charge in [0.05, 0.1) is 5.70 Å². The molecule has 1 aromatic rings. The fourth-order valence-corrected chi connectivity index (χ4v) is 2.86. The molecular weight excluding hydrogens is 336 g/mol. The SMILES string of the molecule is O=C1C=C(N2CC2)C(=O)C(N2CC2)=C1N1CC1.[B]c1ccc(Cl)cc1. The van der Waals surface area contributed by atoms with Gasteiger partial charge in [0.2, 0.25) is 11.6 Å². The lowest BCUT2D eigenvalue weighted by molar-refractivity contribution is -0.117. The summed E-state index contributed by atoms with van der Waals surface area (Å²) < 4.78 is 0. The molecule has 5 rings (SSSR count). The first-order chi connectivity index (χ1) is 12.0. The van der Waals surface area contributed by atoms with Gasteiger partial charge in [-0.1, -0.05) is 29.2 Å². The number of carbonyl (C=O) groups excluding carboxylic acids is 2. The number of Topliss-reactive ketones (excluding diaryl/α,β-unsaturated/α-hetero) is 1. The van der Waals surface area contributed by atoms with Crippen LogP contribution in [0.25, 0.3) is 0 Å². The Morgan fingerprint density at radius 2 is 1.32 bits per heavy atom. The molecule has 3 fully saturated rings. The number of allylic oxidation sites excluding steroid dienone is 1. The van der Waals surface area contributed by atoms with Crippen LogP contribution in [-0.4, -0.2) is 73.4 Å². The number of halogens is 1. The summed E-state index contributed by atoms with van der Waals surface area (Å²) in [6.07, 6.45) is 1.52. The minimum atomic E-state index is 0.00546. The van der Waals surface area contributed by atoms with Crippen LogP contribution in [0.15, 0.2) is 47.4 Å². The average Bonchev–Trinajstić information content (AvgIpc) is 3.45. The molecule has 3 aliphatic heterocycles. The highest BCUT2D eigenvalue weighted by Gasteiger charge is 2.43. The van der Waals surface area contributed by atoms with Crippen LogP contribution in [0.1, 0.15) is 0 Å². The van der Waals surface area contributed by atoms with E-state index in [0.717, 1.165) is 49.8 Å². The van der Waals surface area contributed by atoms with Gasteiger partial charge in [-0.3, -0.25) is 9.59 Å². The third kappa shape index (κ3) is 3.59. The third-order valence-corrected chi connectivity index (χ3v) is 4.61. The van der Waals surface area contributed by atoms with Gasteiger partial charge in [-0.25, -0.2) is 0 Å². The number of carbonyl (C=O) groups is 2. The summed E-state index contributed by atoms with van der Waals surface area (Å²) in [5.41, 5.74) is 2.63. The fraction of sp³-hybridized carbons (Fsp3) is 0.333. The quantitative estimate of drug-likeness (QED) is 0.445. The molecule has 0 saturated carbocycles. The zero-order chi connectivity index (χ0) is 17.6. The van der Waals surface area contributed by atoms with E-state index in [1.54, 1.807) is 24.3 Å². The Kier molecular flexibility index (Phi) is 4.08. The van der Waals surface area contributed by atoms with Crippen LogP contribution in [0.3, 0.4) is 0 Å². The van der Waals surface area contributed by atoms with E-state index in [1.807, 2.05) is 14.7 Å². The highest BCUT2D eigenvalue weighted by Crippen LogP contribution is 2.33. The zero-order valence-corrected chi connectivity index (χ0v) is 14.5. The van der Waals surface area contributed by atoms with Crippen molar-refractivity contribution in [3.05, 3.63) is 52.5 Å². The second-order valence-corrected chi connectivity index (χ2v) is 6.87. The van der Waals surface area contributed by atoms with Crippen LogP contribution < -0.4 is 5.46 Å². The summed E-state index contributed by atoms with van der Waals surface area (Å²) in [6, 6.07) is 7.05. The molecule has 3 heterocycles. The summed E-state index contributed by atoms with van der Waals surface area (Å²) in [6.45, 7) is 5.41. The largest absolute Gasteiger partial charge is 0.365 e. The van der Waals surface area contributed by atoms with Crippen molar-refractivity contribution in [2.24, 2.45) is 0 Å². The van der Waals surface area contributed by atoms with E-state index in [4.69, 9.17) is 19.4 Å². The van der Waals surface area contributed by atoms with E-state index in [-0.39, 0.29) is 11.6 Å². The van der Waals surface area contributed by atoms with Gasteiger partial charge < -0.3 is 14.7 Å². The van der Waals surface area contributed by atoms with Crippen LogP contribution in [-0.2, 0) is 9.59 Å². The maximum absolute atomic E-state index is 12.4. The number of ketones is 2. The number of hydrogen-bond donors (Lipinski definition) is 0. The Balaban J connectivity index is 0.000000166. The Morgan fingerprint density at radius 1 is 0.800 bits per heavy atom. The van der Waals surface area contributed by atoms with Gasteiger partial charge in [-0.15, -0.1) is 0 Å². The molecule has 3 saturated heterocycles. The van der Waals surface area contributed by atoms with E-state index in [9.17, 15) is 9.59 Å². The summed E-state index contributed by atoms with van der Waals surface area (Å²) in [5.74, 6) is 0.0485. The lowest BCUT2D eigenvalue weighted by Gasteiger charge is -2.21. The number of rotatable bonds is 3. The predicted molar refractivity (Wildman–Crippen MR) is 96.7 cm³/mol. The molecule has 126 valence electrons. The molecule has 5 nitrogen and oxygen atoms in total. The van der Waals surface area contributed by atoms with Gasteiger partial charge in [0.15, 0.2) is 0 Å².